The summed E-state index contributed by atoms with van der Waals surface area (Å²) in [5.41, 5.74) is 2.26. The van der Waals surface area contributed by atoms with Crippen LogP contribution in [-0.2, 0) is 18.9 Å². The molecule has 1 N–H and O–H groups in total. The molecule has 0 radical (unpaired) electrons. The fraction of sp³-hybridized carbons (Fsp3) is 0.409. The van der Waals surface area contributed by atoms with Crippen molar-refractivity contribution in [2.75, 3.05) is 5.32 Å². The number of benzene rings is 1. The van der Waals surface area contributed by atoms with Gasteiger partial charge in [-0.05, 0) is 17.9 Å². The Morgan fingerprint density at radius 3 is 2.29 bits per heavy atom. The SMILES string of the molecule is Cc1ccc([C@@H]2c3c(n(C)c(=O)n(C)c3=O)NC3=CC(C)(C)CC(=O)[C@@H]32)cc1. The van der Waals surface area contributed by atoms with Crippen molar-refractivity contribution in [2.24, 2.45) is 25.4 Å². The Hall–Kier alpha value is -2.89. The number of anilines is 1. The summed E-state index contributed by atoms with van der Waals surface area (Å²) >= 11 is 0. The van der Waals surface area contributed by atoms with Gasteiger partial charge in [0.1, 0.15) is 11.6 Å². The molecule has 2 aliphatic rings. The molecule has 6 nitrogen and oxygen atoms in total. The van der Waals surface area contributed by atoms with Gasteiger partial charge >= 0.3 is 5.69 Å². The van der Waals surface area contributed by atoms with Gasteiger partial charge in [0.05, 0.1) is 11.5 Å². The third kappa shape index (κ3) is 2.66. The Labute approximate surface area is 163 Å². The predicted octanol–water partition coefficient (Wildman–Crippen LogP) is 2.45. The van der Waals surface area contributed by atoms with Gasteiger partial charge in [0.15, 0.2) is 0 Å². The molecule has 1 aromatic carbocycles. The van der Waals surface area contributed by atoms with E-state index in [4.69, 9.17) is 0 Å². The maximum Gasteiger partial charge on any atom is 0.332 e. The lowest BCUT2D eigenvalue weighted by molar-refractivity contribution is -0.124. The number of nitrogens with zero attached hydrogens (tertiary/aromatic N) is 2. The van der Waals surface area contributed by atoms with Crippen molar-refractivity contribution in [2.45, 2.75) is 33.1 Å². The summed E-state index contributed by atoms with van der Waals surface area (Å²) in [5, 5.41) is 3.26. The molecule has 4 rings (SSSR count). The van der Waals surface area contributed by atoms with Crippen molar-refractivity contribution < 1.29 is 4.79 Å². The van der Waals surface area contributed by atoms with Crippen LogP contribution in [0.2, 0.25) is 0 Å². The first-order valence-corrected chi connectivity index (χ1v) is 9.50. The summed E-state index contributed by atoms with van der Waals surface area (Å²) < 4.78 is 2.58. The van der Waals surface area contributed by atoms with E-state index in [0.717, 1.165) is 21.4 Å². The van der Waals surface area contributed by atoms with Crippen molar-refractivity contribution in [3.63, 3.8) is 0 Å². The van der Waals surface area contributed by atoms with E-state index >= 15 is 0 Å². The molecule has 0 unspecified atom stereocenters. The van der Waals surface area contributed by atoms with Crippen LogP contribution in [0.5, 0.6) is 0 Å². The van der Waals surface area contributed by atoms with E-state index in [-0.39, 0.29) is 22.4 Å². The monoisotopic (exact) mass is 379 g/mol. The zero-order valence-corrected chi connectivity index (χ0v) is 16.9. The fourth-order valence-corrected chi connectivity index (χ4v) is 4.51. The number of allylic oxidation sites excluding steroid dienone is 2. The largest absolute Gasteiger partial charge is 0.344 e. The van der Waals surface area contributed by atoms with Crippen LogP contribution in [0.1, 0.15) is 42.9 Å². The Morgan fingerprint density at radius 1 is 1.00 bits per heavy atom. The number of hydrogen-bond acceptors (Lipinski definition) is 4. The van der Waals surface area contributed by atoms with Gasteiger partial charge in [0.25, 0.3) is 5.56 Å². The number of rotatable bonds is 1. The number of fused-ring (bicyclic) bond motifs is 2. The van der Waals surface area contributed by atoms with Crippen LogP contribution in [0.4, 0.5) is 5.82 Å². The van der Waals surface area contributed by atoms with Crippen molar-refractivity contribution in [1.82, 2.24) is 9.13 Å². The quantitative estimate of drug-likeness (QED) is 0.826. The summed E-state index contributed by atoms with van der Waals surface area (Å²) in [5.74, 6) is -0.278. The molecule has 2 heterocycles. The smallest absolute Gasteiger partial charge is 0.332 e. The molecule has 0 fully saturated rings. The normalized spacial score (nSPS) is 22.8. The lowest BCUT2D eigenvalue weighted by atomic mass is 9.67. The van der Waals surface area contributed by atoms with Crippen molar-refractivity contribution >= 4 is 11.6 Å². The number of aromatic nitrogens is 2. The van der Waals surface area contributed by atoms with E-state index in [1.165, 1.54) is 11.6 Å². The highest BCUT2D eigenvalue weighted by atomic mass is 16.2. The van der Waals surface area contributed by atoms with Gasteiger partial charge in [-0.2, -0.15) is 0 Å². The highest BCUT2D eigenvalue weighted by Gasteiger charge is 2.45. The third-order valence-electron chi connectivity index (χ3n) is 5.90. The number of aryl methyl sites for hydroxylation is 1. The number of hydrogen-bond donors (Lipinski definition) is 1. The van der Waals surface area contributed by atoms with Crippen LogP contribution >= 0.6 is 0 Å². The zero-order chi connectivity index (χ0) is 20.4. The Kier molecular flexibility index (Phi) is 4.00. The summed E-state index contributed by atoms with van der Waals surface area (Å²) in [6, 6.07) is 7.93. The molecular formula is C22H25N3O3. The molecule has 0 bridgehead atoms. The molecule has 146 valence electrons. The molecule has 2 aromatic rings. The van der Waals surface area contributed by atoms with Crippen molar-refractivity contribution in [1.29, 1.82) is 0 Å². The molecule has 1 aliphatic heterocycles. The highest BCUT2D eigenvalue weighted by molar-refractivity contribution is 5.90. The summed E-state index contributed by atoms with van der Waals surface area (Å²) in [6.07, 6.45) is 2.50. The van der Waals surface area contributed by atoms with Gasteiger partial charge in [-0.15, -0.1) is 0 Å². The van der Waals surface area contributed by atoms with E-state index in [1.54, 1.807) is 7.05 Å². The topological polar surface area (TPSA) is 73.1 Å². The van der Waals surface area contributed by atoms with Crippen molar-refractivity contribution in [3.8, 4) is 0 Å². The minimum atomic E-state index is -0.451. The van der Waals surface area contributed by atoms with Gasteiger partial charge in [-0.1, -0.05) is 49.8 Å². The number of carbonyl (C=O) groups is 1. The second-order valence-corrected chi connectivity index (χ2v) is 8.69. The average Bonchev–Trinajstić information content (AvgIpc) is 2.63. The summed E-state index contributed by atoms with van der Waals surface area (Å²) in [4.78, 5) is 38.8. The maximum atomic E-state index is 13.2. The Morgan fingerprint density at radius 2 is 1.64 bits per heavy atom. The molecule has 0 spiro atoms. The molecule has 6 heteroatoms. The van der Waals surface area contributed by atoms with Crippen LogP contribution in [-0.4, -0.2) is 14.9 Å². The molecule has 1 aromatic heterocycles. The van der Waals surface area contributed by atoms with E-state index in [9.17, 15) is 14.4 Å². The van der Waals surface area contributed by atoms with Gasteiger partial charge < -0.3 is 5.32 Å². The van der Waals surface area contributed by atoms with E-state index in [2.05, 4.69) is 11.4 Å². The number of nitrogens with one attached hydrogen (secondary N) is 1. The number of ketones is 1. The van der Waals surface area contributed by atoms with E-state index < -0.39 is 11.8 Å². The number of Topliss-reactive ketones (excluding diaryl/α,β-unsaturated/α-hetero) is 1. The Balaban J connectivity index is 2.07. The van der Waals surface area contributed by atoms with Crippen LogP contribution in [0.25, 0.3) is 0 Å². The lowest BCUT2D eigenvalue weighted by Gasteiger charge is -2.41. The molecule has 2 atom stereocenters. The minimum Gasteiger partial charge on any atom is -0.344 e. The first-order valence-electron chi connectivity index (χ1n) is 9.50. The van der Waals surface area contributed by atoms with E-state index in [1.807, 2.05) is 45.0 Å². The van der Waals surface area contributed by atoms with Crippen molar-refractivity contribution in [3.05, 3.63) is 73.6 Å². The van der Waals surface area contributed by atoms with Crippen LogP contribution in [0.3, 0.4) is 0 Å². The summed E-state index contributed by atoms with van der Waals surface area (Å²) in [6.45, 7) is 6.05. The molecule has 1 aliphatic carbocycles. The second-order valence-electron chi connectivity index (χ2n) is 8.69. The second kappa shape index (κ2) is 6.06. The minimum absolute atomic E-state index is 0.113. The third-order valence-corrected chi connectivity index (χ3v) is 5.90. The predicted molar refractivity (Wildman–Crippen MR) is 109 cm³/mol. The van der Waals surface area contributed by atoms with Gasteiger partial charge in [-0.25, -0.2) is 4.79 Å². The zero-order valence-electron chi connectivity index (χ0n) is 16.9. The molecule has 28 heavy (non-hydrogen) atoms. The highest BCUT2D eigenvalue weighted by Crippen LogP contribution is 2.47. The molecule has 0 saturated heterocycles. The van der Waals surface area contributed by atoms with Crippen LogP contribution in [0, 0.1) is 18.3 Å². The first-order chi connectivity index (χ1) is 13.1. The Bertz CT molecular complexity index is 1130. The average molecular weight is 379 g/mol. The van der Waals surface area contributed by atoms with Gasteiger partial charge in [-0.3, -0.25) is 18.7 Å². The van der Waals surface area contributed by atoms with E-state index in [0.29, 0.717) is 17.8 Å². The molecule has 0 saturated carbocycles. The maximum absolute atomic E-state index is 13.2. The van der Waals surface area contributed by atoms with Crippen LogP contribution < -0.4 is 16.6 Å². The standard InChI is InChI=1S/C22H25N3O3/c1-12-6-8-13(9-7-12)16-17-14(10-22(2,3)11-15(17)26)23-19-18(16)20(27)25(5)21(28)24(19)4/h6-10,16-17,23H,11H2,1-5H3/t16-,17+/m0/s1. The van der Waals surface area contributed by atoms with Gasteiger partial charge in [0, 0.05) is 32.1 Å². The van der Waals surface area contributed by atoms with Gasteiger partial charge in [0.2, 0.25) is 0 Å². The fourth-order valence-electron chi connectivity index (χ4n) is 4.51. The van der Waals surface area contributed by atoms with Crippen LogP contribution in [0.15, 0.2) is 45.6 Å². The lowest BCUT2D eigenvalue weighted by Crippen LogP contribution is -2.47. The number of carbonyl (C=O) groups excluding carboxylic acids is 1. The summed E-state index contributed by atoms with van der Waals surface area (Å²) in [7, 11) is 3.13. The first kappa shape index (κ1) is 18.5. The molecular weight excluding hydrogens is 354 g/mol. The molecule has 0 amide bonds.